The summed E-state index contributed by atoms with van der Waals surface area (Å²) in [7, 11) is 0. The van der Waals surface area contributed by atoms with Crippen molar-refractivity contribution in [3.8, 4) is 0 Å². The van der Waals surface area contributed by atoms with Gasteiger partial charge in [-0.15, -0.1) is 11.6 Å². The second kappa shape index (κ2) is 3.88. The van der Waals surface area contributed by atoms with E-state index in [1.807, 2.05) is 6.92 Å². The Morgan fingerprint density at radius 2 is 1.94 bits per heavy atom. The summed E-state index contributed by atoms with van der Waals surface area (Å²) in [5, 5.41) is 3.18. The second-order valence-electron chi connectivity index (χ2n) is 6.55. The largest absolute Gasteiger partial charge is 0.349 e. The van der Waals surface area contributed by atoms with E-state index >= 15 is 0 Å². The fourth-order valence-electron chi connectivity index (χ4n) is 4.27. The molecule has 0 heterocycles. The van der Waals surface area contributed by atoms with Crippen molar-refractivity contribution in [3.63, 3.8) is 0 Å². The Hall–Kier alpha value is -0.240. The summed E-state index contributed by atoms with van der Waals surface area (Å²) in [6, 6.07) is 0. The van der Waals surface area contributed by atoms with Crippen LogP contribution in [0.3, 0.4) is 0 Å². The first-order valence-electron chi connectivity index (χ1n) is 6.97. The molecule has 3 aliphatic rings. The highest BCUT2D eigenvalue weighted by molar-refractivity contribution is 6.18. The van der Waals surface area contributed by atoms with E-state index in [-0.39, 0.29) is 11.4 Å². The standard InChI is InChI=1S/C14H22ClNO/c1-3-14(2,7-15)16-13(17)12-10-8-4-5-9(6-8)11(10)12/h8-12H,3-7H2,1-2H3,(H,16,17). The molecule has 0 aromatic carbocycles. The zero-order valence-electron chi connectivity index (χ0n) is 10.7. The van der Waals surface area contributed by atoms with E-state index < -0.39 is 0 Å². The molecule has 3 aliphatic carbocycles. The first kappa shape index (κ1) is 11.8. The van der Waals surface area contributed by atoms with Gasteiger partial charge in [-0.2, -0.15) is 0 Å². The second-order valence-corrected chi connectivity index (χ2v) is 6.82. The van der Waals surface area contributed by atoms with Crippen molar-refractivity contribution in [2.24, 2.45) is 29.6 Å². The average molecular weight is 256 g/mol. The number of hydrogen-bond donors (Lipinski definition) is 1. The highest BCUT2D eigenvalue weighted by Gasteiger charge is 2.67. The predicted molar refractivity (Wildman–Crippen MR) is 68.9 cm³/mol. The highest BCUT2D eigenvalue weighted by atomic mass is 35.5. The van der Waals surface area contributed by atoms with Gasteiger partial charge in [0.25, 0.3) is 0 Å². The highest BCUT2D eigenvalue weighted by Crippen LogP contribution is 2.69. The van der Waals surface area contributed by atoms with Gasteiger partial charge in [-0.1, -0.05) is 6.92 Å². The molecule has 3 heteroatoms. The molecule has 3 saturated carbocycles. The van der Waals surface area contributed by atoms with Crippen molar-refractivity contribution < 1.29 is 4.79 Å². The number of hydrogen-bond acceptors (Lipinski definition) is 1. The van der Waals surface area contributed by atoms with E-state index in [9.17, 15) is 4.79 Å². The Kier molecular flexibility index (Phi) is 2.70. The number of amides is 1. The van der Waals surface area contributed by atoms with Gasteiger partial charge in [-0.3, -0.25) is 4.79 Å². The van der Waals surface area contributed by atoms with Crippen molar-refractivity contribution in [1.82, 2.24) is 5.32 Å². The summed E-state index contributed by atoms with van der Waals surface area (Å²) in [4.78, 5) is 12.3. The summed E-state index contributed by atoms with van der Waals surface area (Å²) < 4.78 is 0. The molecule has 96 valence electrons. The molecular formula is C14H22ClNO. The Bertz CT molecular complexity index is 323. The average Bonchev–Trinajstić information content (AvgIpc) is 2.79. The van der Waals surface area contributed by atoms with Gasteiger partial charge in [0.15, 0.2) is 0 Å². The maximum Gasteiger partial charge on any atom is 0.224 e. The maximum atomic E-state index is 12.3. The lowest BCUT2D eigenvalue weighted by atomic mass is 9.98. The zero-order chi connectivity index (χ0) is 12.2. The summed E-state index contributed by atoms with van der Waals surface area (Å²) in [5.74, 6) is 4.30. The van der Waals surface area contributed by atoms with Crippen molar-refractivity contribution in [2.75, 3.05) is 5.88 Å². The van der Waals surface area contributed by atoms with Gasteiger partial charge >= 0.3 is 0 Å². The number of carbonyl (C=O) groups is 1. The molecule has 1 amide bonds. The van der Waals surface area contributed by atoms with E-state index in [4.69, 9.17) is 11.6 Å². The summed E-state index contributed by atoms with van der Waals surface area (Å²) >= 11 is 5.95. The van der Waals surface area contributed by atoms with Gasteiger partial charge in [0.1, 0.15) is 0 Å². The molecule has 0 aromatic rings. The van der Waals surface area contributed by atoms with Crippen LogP contribution in [0.15, 0.2) is 0 Å². The molecule has 17 heavy (non-hydrogen) atoms. The van der Waals surface area contributed by atoms with Crippen LogP contribution in [0.5, 0.6) is 0 Å². The summed E-state index contributed by atoms with van der Waals surface area (Å²) in [6.45, 7) is 4.13. The van der Waals surface area contributed by atoms with E-state index in [0.717, 1.165) is 30.1 Å². The van der Waals surface area contributed by atoms with E-state index in [0.29, 0.717) is 11.8 Å². The van der Waals surface area contributed by atoms with E-state index in [1.165, 1.54) is 19.3 Å². The van der Waals surface area contributed by atoms with Crippen molar-refractivity contribution >= 4 is 17.5 Å². The normalized spacial score (nSPS) is 45.2. The molecule has 2 nitrogen and oxygen atoms in total. The van der Waals surface area contributed by atoms with Gasteiger partial charge in [-0.25, -0.2) is 0 Å². The monoisotopic (exact) mass is 255 g/mol. The van der Waals surface area contributed by atoms with Crippen LogP contribution < -0.4 is 5.32 Å². The Morgan fingerprint density at radius 3 is 2.41 bits per heavy atom. The number of rotatable bonds is 4. The van der Waals surface area contributed by atoms with E-state index in [2.05, 4.69) is 12.2 Å². The molecule has 3 rings (SSSR count). The fourth-order valence-corrected chi connectivity index (χ4v) is 4.53. The topological polar surface area (TPSA) is 29.1 Å². The van der Waals surface area contributed by atoms with Crippen molar-refractivity contribution in [1.29, 1.82) is 0 Å². The lowest BCUT2D eigenvalue weighted by Gasteiger charge is -2.27. The predicted octanol–water partition coefficient (Wildman–Crippen LogP) is 2.80. The van der Waals surface area contributed by atoms with Gasteiger partial charge in [-0.05, 0) is 56.3 Å². The van der Waals surface area contributed by atoms with Gasteiger partial charge < -0.3 is 5.32 Å². The third-order valence-electron chi connectivity index (χ3n) is 5.54. The Morgan fingerprint density at radius 1 is 1.35 bits per heavy atom. The third kappa shape index (κ3) is 1.71. The molecule has 0 radical (unpaired) electrons. The van der Waals surface area contributed by atoms with Crippen molar-refractivity contribution in [2.45, 2.75) is 45.1 Å². The molecule has 0 saturated heterocycles. The van der Waals surface area contributed by atoms with Crippen LogP contribution in [-0.4, -0.2) is 17.3 Å². The molecule has 0 spiro atoms. The zero-order valence-corrected chi connectivity index (χ0v) is 11.5. The molecule has 0 aromatic heterocycles. The van der Waals surface area contributed by atoms with Crippen LogP contribution in [0, 0.1) is 29.6 Å². The van der Waals surface area contributed by atoms with Crippen LogP contribution in [0.2, 0.25) is 0 Å². The number of carbonyl (C=O) groups excluding carboxylic acids is 1. The van der Waals surface area contributed by atoms with Crippen LogP contribution >= 0.6 is 11.6 Å². The molecule has 3 fully saturated rings. The number of alkyl halides is 1. The summed E-state index contributed by atoms with van der Waals surface area (Å²) in [6.07, 6.45) is 5.04. The first-order valence-corrected chi connectivity index (χ1v) is 7.51. The lowest BCUT2D eigenvalue weighted by molar-refractivity contribution is -0.124. The molecule has 5 atom stereocenters. The van der Waals surface area contributed by atoms with Crippen LogP contribution in [0.4, 0.5) is 0 Å². The fraction of sp³-hybridized carbons (Fsp3) is 0.929. The molecule has 1 N–H and O–H groups in total. The maximum absolute atomic E-state index is 12.3. The Balaban J connectivity index is 1.62. The first-order chi connectivity index (χ1) is 8.09. The van der Waals surface area contributed by atoms with Crippen LogP contribution in [-0.2, 0) is 4.79 Å². The lowest BCUT2D eigenvalue weighted by Crippen LogP contribution is -2.48. The van der Waals surface area contributed by atoms with Crippen LogP contribution in [0.1, 0.15) is 39.5 Å². The number of fused-ring (bicyclic) bond motifs is 5. The minimum atomic E-state index is -0.214. The van der Waals surface area contributed by atoms with E-state index in [1.54, 1.807) is 0 Å². The quantitative estimate of drug-likeness (QED) is 0.769. The number of nitrogens with one attached hydrogen (secondary N) is 1. The number of halogens is 1. The SMILES string of the molecule is CCC(C)(CCl)NC(=O)C1C2C3CCC(C3)C12. The van der Waals surface area contributed by atoms with Gasteiger partial charge in [0.2, 0.25) is 5.91 Å². The summed E-state index contributed by atoms with van der Waals surface area (Å²) in [5.41, 5.74) is -0.214. The van der Waals surface area contributed by atoms with Crippen molar-refractivity contribution in [3.05, 3.63) is 0 Å². The molecule has 2 bridgehead atoms. The third-order valence-corrected chi connectivity index (χ3v) is 6.13. The van der Waals surface area contributed by atoms with Gasteiger partial charge in [0, 0.05) is 11.8 Å². The smallest absolute Gasteiger partial charge is 0.224 e. The minimum Gasteiger partial charge on any atom is -0.349 e. The Labute approximate surface area is 108 Å². The minimum absolute atomic E-state index is 0.214. The molecule has 5 unspecified atom stereocenters. The van der Waals surface area contributed by atoms with Gasteiger partial charge in [0.05, 0.1) is 5.54 Å². The van der Waals surface area contributed by atoms with Crippen LogP contribution in [0.25, 0.3) is 0 Å². The molecule has 0 aliphatic heterocycles. The molecular weight excluding hydrogens is 234 g/mol.